The third-order valence-electron chi connectivity index (χ3n) is 5.70. The van der Waals surface area contributed by atoms with E-state index in [1.807, 2.05) is 47.4 Å². The average molecular weight is 379 g/mol. The van der Waals surface area contributed by atoms with Crippen LogP contribution in [-0.4, -0.2) is 36.5 Å². The number of cyclic esters (lactones) is 1. The van der Waals surface area contributed by atoms with Crippen molar-refractivity contribution in [3.8, 4) is 5.75 Å². The van der Waals surface area contributed by atoms with Crippen LogP contribution in [0.1, 0.15) is 53.2 Å². The number of carbonyl (C=O) groups is 2. The molecule has 0 aromatic heterocycles. The number of methoxy groups -OCH3 is 1. The van der Waals surface area contributed by atoms with Crippen molar-refractivity contribution in [2.45, 2.75) is 44.2 Å². The Bertz CT molecular complexity index is 861. The number of carbonyl (C=O) groups excluding carboxylic acids is 2. The van der Waals surface area contributed by atoms with Crippen LogP contribution in [0.25, 0.3) is 0 Å². The average Bonchev–Trinajstić information content (AvgIpc) is 2.99. The first kappa shape index (κ1) is 18.5. The van der Waals surface area contributed by atoms with Gasteiger partial charge in [0.2, 0.25) is 0 Å². The smallest absolute Gasteiger partial charge is 0.339 e. The second-order valence-corrected chi connectivity index (χ2v) is 7.43. The van der Waals surface area contributed by atoms with Gasteiger partial charge in [0.1, 0.15) is 5.75 Å². The molecule has 1 amide bonds. The van der Waals surface area contributed by atoms with Gasteiger partial charge in [-0.2, -0.15) is 0 Å². The summed E-state index contributed by atoms with van der Waals surface area (Å²) < 4.78 is 10.8. The molecule has 2 atom stereocenters. The summed E-state index contributed by atoms with van der Waals surface area (Å²) in [4.78, 5) is 27.7. The molecule has 0 aliphatic carbocycles. The van der Waals surface area contributed by atoms with Crippen LogP contribution in [-0.2, 0) is 16.0 Å². The van der Waals surface area contributed by atoms with E-state index in [2.05, 4.69) is 0 Å². The number of benzene rings is 2. The van der Waals surface area contributed by atoms with Crippen LogP contribution in [0.2, 0.25) is 0 Å². The molecule has 0 N–H and O–H groups in total. The first-order chi connectivity index (χ1) is 13.7. The van der Waals surface area contributed by atoms with Gasteiger partial charge >= 0.3 is 5.97 Å². The topological polar surface area (TPSA) is 55.8 Å². The standard InChI is InChI=1S/C23H25NO4/c1-27-18-12-10-16(11-13-18)20-9-3-2-6-14-24(20)22(25)21-15-17-7-4-5-8-19(17)23(26)28-21/h4-5,7-8,10-13,20-21H,2-3,6,9,14-15H2,1H3/t20-,21+/m1/s1. The quantitative estimate of drug-likeness (QED) is 0.759. The summed E-state index contributed by atoms with van der Waals surface area (Å²) >= 11 is 0. The number of nitrogens with zero attached hydrogens (tertiary/aromatic N) is 1. The molecule has 0 radical (unpaired) electrons. The van der Waals surface area contributed by atoms with Crippen molar-refractivity contribution in [3.63, 3.8) is 0 Å². The lowest BCUT2D eigenvalue weighted by molar-refractivity contribution is -0.143. The van der Waals surface area contributed by atoms with Crippen LogP contribution in [0, 0.1) is 0 Å². The second kappa shape index (κ2) is 8.05. The van der Waals surface area contributed by atoms with Crippen LogP contribution >= 0.6 is 0 Å². The molecule has 0 bridgehead atoms. The Morgan fingerprint density at radius 1 is 1.07 bits per heavy atom. The van der Waals surface area contributed by atoms with E-state index in [0.717, 1.165) is 42.6 Å². The minimum absolute atomic E-state index is 0.00298. The number of likely N-dealkylation sites (tertiary alicyclic amines) is 1. The molecule has 5 heteroatoms. The van der Waals surface area contributed by atoms with Crippen molar-refractivity contribution in [1.29, 1.82) is 0 Å². The number of rotatable bonds is 3. The SMILES string of the molecule is COc1ccc([C@H]2CCCCCN2C(=O)[C@@H]2Cc3ccccc3C(=O)O2)cc1. The van der Waals surface area contributed by atoms with E-state index < -0.39 is 12.1 Å². The van der Waals surface area contributed by atoms with Gasteiger partial charge in [0.25, 0.3) is 5.91 Å². The first-order valence-corrected chi connectivity index (χ1v) is 9.90. The summed E-state index contributed by atoms with van der Waals surface area (Å²) in [5.41, 5.74) is 2.54. The van der Waals surface area contributed by atoms with Gasteiger partial charge in [0.15, 0.2) is 6.10 Å². The highest BCUT2D eigenvalue weighted by atomic mass is 16.5. The molecule has 5 nitrogen and oxygen atoms in total. The van der Waals surface area contributed by atoms with Gasteiger partial charge in [-0.15, -0.1) is 0 Å². The van der Waals surface area contributed by atoms with Crippen molar-refractivity contribution in [2.24, 2.45) is 0 Å². The Labute approximate surface area is 165 Å². The van der Waals surface area contributed by atoms with Gasteiger partial charge in [-0.05, 0) is 42.2 Å². The van der Waals surface area contributed by atoms with Crippen LogP contribution in [0.15, 0.2) is 48.5 Å². The van der Waals surface area contributed by atoms with Gasteiger partial charge in [-0.25, -0.2) is 4.79 Å². The summed E-state index contributed by atoms with van der Waals surface area (Å²) in [5.74, 6) is 0.301. The summed E-state index contributed by atoms with van der Waals surface area (Å²) in [6.45, 7) is 0.686. The lowest BCUT2D eigenvalue weighted by Gasteiger charge is -2.34. The fourth-order valence-corrected chi connectivity index (χ4v) is 4.20. The summed E-state index contributed by atoms with van der Waals surface area (Å²) in [6, 6.07) is 15.3. The van der Waals surface area contributed by atoms with E-state index in [1.54, 1.807) is 13.2 Å². The van der Waals surface area contributed by atoms with E-state index in [0.29, 0.717) is 18.5 Å². The fourth-order valence-electron chi connectivity index (χ4n) is 4.20. The molecule has 0 spiro atoms. The Balaban J connectivity index is 1.59. The Morgan fingerprint density at radius 3 is 2.64 bits per heavy atom. The predicted molar refractivity (Wildman–Crippen MR) is 105 cm³/mol. The van der Waals surface area contributed by atoms with Crippen LogP contribution in [0.5, 0.6) is 5.75 Å². The van der Waals surface area contributed by atoms with E-state index >= 15 is 0 Å². The third-order valence-corrected chi connectivity index (χ3v) is 5.70. The lowest BCUT2D eigenvalue weighted by Crippen LogP contribution is -2.46. The number of hydrogen-bond donors (Lipinski definition) is 0. The number of ether oxygens (including phenoxy) is 2. The second-order valence-electron chi connectivity index (χ2n) is 7.43. The molecule has 2 heterocycles. The molecular weight excluding hydrogens is 354 g/mol. The summed E-state index contributed by atoms with van der Waals surface area (Å²) in [7, 11) is 1.64. The Hall–Kier alpha value is -2.82. The van der Waals surface area contributed by atoms with Gasteiger partial charge in [-0.3, -0.25) is 4.79 Å². The van der Waals surface area contributed by atoms with Crippen molar-refractivity contribution < 1.29 is 19.1 Å². The van der Waals surface area contributed by atoms with Gasteiger partial charge < -0.3 is 14.4 Å². The maximum Gasteiger partial charge on any atom is 0.339 e. The summed E-state index contributed by atoms with van der Waals surface area (Å²) in [5, 5.41) is 0. The van der Waals surface area contributed by atoms with E-state index in [4.69, 9.17) is 9.47 Å². The van der Waals surface area contributed by atoms with Gasteiger partial charge in [0.05, 0.1) is 18.7 Å². The minimum atomic E-state index is -0.749. The van der Waals surface area contributed by atoms with Crippen LogP contribution in [0.3, 0.4) is 0 Å². The molecule has 1 fully saturated rings. The molecular formula is C23H25NO4. The van der Waals surface area contributed by atoms with Crippen molar-refractivity contribution in [2.75, 3.05) is 13.7 Å². The maximum absolute atomic E-state index is 13.4. The lowest BCUT2D eigenvalue weighted by atomic mass is 9.96. The van der Waals surface area contributed by atoms with Crippen molar-refractivity contribution in [1.82, 2.24) is 4.90 Å². The molecule has 0 unspecified atom stereocenters. The number of fused-ring (bicyclic) bond motifs is 1. The molecule has 1 saturated heterocycles. The number of hydrogen-bond acceptors (Lipinski definition) is 4. The molecule has 2 aliphatic rings. The Kier molecular flexibility index (Phi) is 5.33. The zero-order chi connectivity index (χ0) is 19.5. The zero-order valence-corrected chi connectivity index (χ0v) is 16.1. The van der Waals surface area contributed by atoms with E-state index in [-0.39, 0.29) is 11.9 Å². The highest BCUT2D eigenvalue weighted by Gasteiger charge is 2.37. The van der Waals surface area contributed by atoms with E-state index in [9.17, 15) is 9.59 Å². The fraction of sp³-hybridized carbons (Fsp3) is 0.391. The summed E-state index contributed by atoms with van der Waals surface area (Å²) in [6.07, 6.45) is 3.75. The normalized spacial score (nSPS) is 22.0. The zero-order valence-electron chi connectivity index (χ0n) is 16.1. The molecule has 146 valence electrons. The number of esters is 1. The predicted octanol–water partition coefficient (Wildman–Crippen LogP) is 3.92. The molecule has 2 aromatic carbocycles. The van der Waals surface area contributed by atoms with Crippen molar-refractivity contribution in [3.05, 3.63) is 65.2 Å². The first-order valence-electron chi connectivity index (χ1n) is 9.90. The molecule has 4 rings (SSSR count). The van der Waals surface area contributed by atoms with Crippen LogP contribution in [0.4, 0.5) is 0 Å². The Morgan fingerprint density at radius 2 is 1.86 bits per heavy atom. The molecule has 2 aliphatic heterocycles. The van der Waals surface area contributed by atoms with Crippen molar-refractivity contribution >= 4 is 11.9 Å². The van der Waals surface area contributed by atoms with Gasteiger partial charge in [-0.1, -0.05) is 43.2 Å². The maximum atomic E-state index is 13.4. The number of amides is 1. The molecule has 28 heavy (non-hydrogen) atoms. The highest BCUT2D eigenvalue weighted by Crippen LogP contribution is 2.33. The molecule has 2 aromatic rings. The monoisotopic (exact) mass is 379 g/mol. The van der Waals surface area contributed by atoms with Crippen LogP contribution < -0.4 is 4.74 Å². The largest absolute Gasteiger partial charge is 0.497 e. The van der Waals surface area contributed by atoms with Gasteiger partial charge in [0, 0.05) is 13.0 Å². The van der Waals surface area contributed by atoms with E-state index in [1.165, 1.54) is 0 Å². The minimum Gasteiger partial charge on any atom is -0.497 e. The molecule has 0 saturated carbocycles. The highest BCUT2D eigenvalue weighted by molar-refractivity contribution is 5.95. The third kappa shape index (κ3) is 3.61.